The molecule has 6 heterocycles. The standard InChI is InChI=1S/C49H34Cl2F6N8O11/c1-75-46(73)31-29-27-17(11-50)13-64(23(27)9-25(66)35(29)62-42(31)48(52,53)54)44(71)15-3-5-21-19(7-15)33(58)37(60-21)39(68)41(70)40(69)38-34(59)20-8-16(4-6-22(20)61-38)45(72)65-14-18(12-51)28-24(65)10-26(67)36-30(28)32(47(74)76-2)43(63-36)49(55,56)57/h3-10,17-18,37-38,58-63,66-67H,11-14H2,1-2H3/t17?,18?,37-,38-/m0/s1. The van der Waals surface area contributed by atoms with Crippen molar-refractivity contribution in [2.45, 2.75) is 36.3 Å². The molecule has 10 rings (SSSR count). The summed E-state index contributed by atoms with van der Waals surface area (Å²) in [5.41, 5.74) is -7.10. The fourth-order valence-corrected chi connectivity index (χ4v) is 10.9. The molecule has 0 saturated heterocycles. The minimum atomic E-state index is -5.10. The molecule has 0 radical (unpaired) electrons. The molecule has 392 valence electrons. The van der Waals surface area contributed by atoms with Gasteiger partial charge in [-0.05, 0) is 47.5 Å². The number of aromatic hydroxyl groups is 2. The highest BCUT2D eigenvalue weighted by Crippen LogP contribution is 2.51. The van der Waals surface area contributed by atoms with Gasteiger partial charge in [0.2, 0.25) is 11.6 Å². The van der Waals surface area contributed by atoms with Crippen molar-refractivity contribution in [3.8, 4) is 11.5 Å². The van der Waals surface area contributed by atoms with Crippen LogP contribution in [0.4, 0.5) is 49.1 Å². The molecule has 4 aromatic carbocycles. The molecule has 76 heavy (non-hydrogen) atoms. The SMILES string of the molecule is COC(=O)c1c(C(F)(F)F)[nH]c2c(O)cc3c(c12)C(CCl)CN3C(=O)c1ccc2c(c1)C(=N)[C@@H](C(=O)C(=O)C(=O)[C@H]1Nc3ccc(C(=O)N4CC(CCl)c5c4cc(O)c4[nH]c(C(F)(F)F)c(C(=O)OC)c54)cc3C1=N)N2. The van der Waals surface area contributed by atoms with E-state index in [0.29, 0.717) is 0 Å². The van der Waals surface area contributed by atoms with Crippen molar-refractivity contribution < 1.29 is 79.6 Å². The van der Waals surface area contributed by atoms with Gasteiger partial charge in [0.1, 0.15) is 35.0 Å². The average Bonchev–Trinajstić information content (AvgIpc) is 4.30. The lowest BCUT2D eigenvalue weighted by molar-refractivity contribution is -0.143. The second-order valence-electron chi connectivity index (χ2n) is 18.0. The monoisotopic (exact) mass is 1090 g/mol. The number of anilines is 4. The third kappa shape index (κ3) is 7.60. The molecule has 0 saturated carbocycles. The lowest BCUT2D eigenvalue weighted by Gasteiger charge is -2.18. The number of Topliss-reactive ketones (excluding diaryl/α,β-unsaturated/α-hetero) is 3. The van der Waals surface area contributed by atoms with Gasteiger partial charge in [-0.15, -0.1) is 23.2 Å². The predicted molar refractivity (Wildman–Crippen MR) is 259 cm³/mol. The van der Waals surface area contributed by atoms with Crippen LogP contribution in [0.25, 0.3) is 21.8 Å². The van der Waals surface area contributed by atoms with Crippen LogP contribution in [-0.4, -0.2) is 124 Å². The van der Waals surface area contributed by atoms with Crippen LogP contribution in [0.3, 0.4) is 0 Å². The molecule has 6 aromatic rings. The molecule has 2 unspecified atom stereocenters. The molecule has 0 aliphatic carbocycles. The number of benzene rings is 4. The molecular formula is C49H34Cl2F6N8O11. The predicted octanol–water partition coefficient (Wildman–Crippen LogP) is 7.37. The fourth-order valence-electron chi connectivity index (χ4n) is 10.4. The van der Waals surface area contributed by atoms with E-state index in [1.165, 1.54) is 36.4 Å². The second-order valence-corrected chi connectivity index (χ2v) is 18.6. The van der Waals surface area contributed by atoms with Crippen LogP contribution in [-0.2, 0) is 36.2 Å². The van der Waals surface area contributed by atoms with E-state index >= 15 is 0 Å². The molecule has 19 nitrogen and oxygen atoms in total. The summed E-state index contributed by atoms with van der Waals surface area (Å²) in [7, 11) is 1.74. The van der Waals surface area contributed by atoms with E-state index in [0.717, 1.165) is 36.2 Å². The number of hydrogen-bond acceptors (Lipinski definition) is 15. The summed E-state index contributed by atoms with van der Waals surface area (Å²) in [5, 5.41) is 44.3. The van der Waals surface area contributed by atoms with Crippen LogP contribution in [0, 0.1) is 10.8 Å². The largest absolute Gasteiger partial charge is 0.506 e. The van der Waals surface area contributed by atoms with E-state index in [-0.39, 0.29) is 91.8 Å². The first-order valence-electron chi connectivity index (χ1n) is 22.4. The lowest BCUT2D eigenvalue weighted by atomic mass is 9.94. The van der Waals surface area contributed by atoms with Gasteiger partial charge in [-0.1, -0.05) is 0 Å². The Balaban J connectivity index is 0.869. The van der Waals surface area contributed by atoms with E-state index < -0.39 is 134 Å². The van der Waals surface area contributed by atoms with E-state index in [9.17, 15) is 70.1 Å². The Morgan fingerprint density at radius 2 is 1.00 bits per heavy atom. The van der Waals surface area contributed by atoms with E-state index in [2.05, 4.69) is 30.1 Å². The molecule has 0 spiro atoms. The molecule has 4 atom stereocenters. The van der Waals surface area contributed by atoms with Crippen LogP contribution in [0.1, 0.15) is 86.9 Å². The third-order valence-electron chi connectivity index (χ3n) is 13.8. The maximum absolute atomic E-state index is 14.2. The van der Waals surface area contributed by atoms with Crippen LogP contribution in [0.2, 0.25) is 0 Å². The van der Waals surface area contributed by atoms with Gasteiger partial charge in [-0.3, -0.25) is 24.0 Å². The maximum atomic E-state index is 14.2. The number of phenolic OH excluding ortho intramolecular Hbond substituents is 2. The topological polar surface area (TPSA) is 288 Å². The van der Waals surface area contributed by atoms with Gasteiger partial charge in [0.05, 0.1) is 59.2 Å². The zero-order valence-electron chi connectivity index (χ0n) is 38.7. The molecule has 0 bridgehead atoms. The van der Waals surface area contributed by atoms with E-state index in [1.54, 1.807) is 0 Å². The second kappa shape index (κ2) is 17.9. The summed E-state index contributed by atoms with van der Waals surface area (Å²) < 4.78 is 94.4. The van der Waals surface area contributed by atoms with Crippen LogP contribution >= 0.6 is 23.2 Å². The molecule has 2 amide bonds. The number of halogens is 8. The van der Waals surface area contributed by atoms with Gasteiger partial charge in [0.25, 0.3) is 17.6 Å². The first-order chi connectivity index (χ1) is 35.9. The number of ether oxygens (including phenoxy) is 2. The summed E-state index contributed by atoms with van der Waals surface area (Å²) in [4.78, 5) is 102. The third-order valence-corrected chi connectivity index (χ3v) is 14.6. The molecule has 4 aliphatic rings. The number of alkyl halides is 8. The van der Waals surface area contributed by atoms with E-state index in [4.69, 9.17) is 34.0 Å². The number of amides is 2. The number of phenols is 2. The van der Waals surface area contributed by atoms with Crippen LogP contribution in [0.5, 0.6) is 11.5 Å². The number of methoxy groups -OCH3 is 2. The smallest absolute Gasteiger partial charge is 0.432 e. The maximum Gasteiger partial charge on any atom is 0.432 e. The zero-order valence-corrected chi connectivity index (χ0v) is 40.3. The van der Waals surface area contributed by atoms with Gasteiger partial charge in [-0.2, -0.15) is 26.3 Å². The number of fused-ring (bicyclic) bond motifs is 8. The Labute approximate surface area is 431 Å². The molecule has 2 aromatic heterocycles. The molecule has 8 N–H and O–H groups in total. The summed E-state index contributed by atoms with van der Waals surface area (Å²) >= 11 is 12.6. The molecular weight excluding hydrogens is 1060 g/mol. The number of ketones is 3. The normalized spacial score (nSPS) is 18.6. The van der Waals surface area contributed by atoms with Gasteiger partial charge >= 0.3 is 24.3 Å². The lowest BCUT2D eigenvalue weighted by Crippen LogP contribution is -2.46. The molecule has 0 fully saturated rings. The molecule has 4 aliphatic heterocycles. The first kappa shape index (κ1) is 51.1. The number of esters is 2. The average molecular weight is 1100 g/mol. The van der Waals surface area contributed by atoms with E-state index in [1.807, 2.05) is 0 Å². The van der Waals surface area contributed by atoms with Crippen molar-refractivity contribution in [1.29, 1.82) is 10.8 Å². The fraction of sp³-hybridized carbons (Fsp3) is 0.245. The Hall–Kier alpha value is -8.45. The Morgan fingerprint density at radius 3 is 1.33 bits per heavy atom. The number of carbonyl (C=O) groups excluding carboxylic acids is 7. The molecule has 27 heteroatoms. The van der Waals surface area contributed by atoms with Crippen molar-refractivity contribution in [3.05, 3.63) is 104 Å². The number of aromatic nitrogens is 2. The van der Waals surface area contributed by atoms with Crippen molar-refractivity contribution in [1.82, 2.24) is 9.97 Å². The van der Waals surface area contributed by atoms with Crippen LogP contribution in [0.15, 0.2) is 48.5 Å². The zero-order chi connectivity index (χ0) is 54.9. The highest BCUT2D eigenvalue weighted by atomic mass is 35.5. The number of rotatable bonds is 10. The minimum absolute atomic E-state index is 0.0396. The van der Waals surface area contributed by atoms with Crippen molar-refractivity contribution >= 4 is 120 Å². The Morgan fingerprint density at radius 1 is 0.632 bits per heavy atom. The van der Waals surface area contributed by atoms with Gasteiger partial charge < -0.3 is 60.9 Å². The summed E-state index contributed by atoms with van der Waals surface area (Å²) in [6.07, 6.45) is -10.2. The quantitative estimate of drug-likeness (QED) is 0.0219. The highest BCUT2D eigenvalue weighted by molar-refractivity contribution is 6.70. The highest BCUT2D eigenvalue weighted by Gasteiger charge is 2.48. The number of nitrogens with one attached hydrogen (secondary N) is 6. The summed E-state index contributed by atoms with van der Waals surface area (Å²) in [6, 6.07) is 6.11. The number of nitrogens with zero attached hydrogens (tertiary/aromatic N) is 2. The Bertz CT molecular complexity index is 3470. The Kier molecular flexibility index (Phi) is 12.0. The number of hydrogen-bond donors (Lipinski definition) is 8. The van der Waals surface area contributed by atoms with Gasteiger partial charge in [0, 0.05) is 93.2 Å². The first-order valence-corrected chi connectivity index (χ1v) is 23.4. The van der Waals surface area contributed by atoms with Crippen molar-refractivity contribution in [2.75, 3.05) is 59.5 Å². The summed E-state index contributed by atoms with van der Waals surface area (Å²) in [5.74, 6) is -12.5. The number of carbonyl (C=O) groups is 7. The van der Waals surface area contributed by atoms with Gasteiger partial charge in [-0.25, -0.2) is 9.59 Å². The number of H-pyrrole nitrogens is 2. The van der Waals surface area contributed by atoms with Crippen molar-refractivity contribution in [3.63, 3.8) is 0 Å². The van der Waals surface area contributed by atoms with Gasteiger partial charge in [0.15, 0.2) is 0 Å². The van der Waals surface area contributed by atoms with Crippen molar-refractivity contribution in [2.24, 2.45) is 0 Å². The summed E-state index contributed by atoms with van der Waals surface area (Å²) in [6.45, 7) is -0.467. The minimum Gasteiger partial charge on any atom is -0.506 e. The van der Waals surface area contributed by atoms with Crippen LogP contribution < -0.4 is 20.4 Å². The number of aromatic amines is 2.